The van der Waals surface area contributed by atoms with Crippen LogP contribution in [-0.2, 0) is 16.8 Å². The number of carbonyl (C=O) groups is 1. The predicted molar refractivity (Wildman–Crippen MR) is 168 cm³/mol. The molecule has 0 saturated carbocycles. The summed E-state index contributed by atoms with van der Waals surface area (Å²) >= 11 is 0. The van der Waals surface area contributed by atoms with Crippen molar-refractivity contribution < 1.29 is 36.9 Å². The number of aromatic hydroxyl groups is 2. The van der Waals surface area contributed by atoms with Gasteiger partial charge in [-0.1, -0.05) is 61.4 Å². The van der Waals surface area contributed by atoms with Gasteiger partial charge in [-0.25, -0.2) is 0 Å². The SMILES string of the molecule is CC(C)c1ccc(O)c(O)c1C(=O)[O-].Cc1ccc(NC(C)c2cccc(C(C)Nc3ccc(C)cc3C)n2)c(C)c1.[Co+]. The van der Waals surface area contributed by atoms with Gasteiger partial charge in [0.2, 0.25) is 0 Å². The number of rotatable bonds is 8. The number of hydrogen-bond acceptors (Lipinski definition) is 7. The van der Waals surface area contributed by atoms with E-state index < -0.39 is 17.5 Å². The molecule has 43 heavy (non-hydrogen) atoms. The molecular weight excluding hydrogens is 585 g/mol. The minimum absolute atomic E-state index is 0. The van der Waals surface area contributed by atoms with Crippen molar-refractivity contribution in [1.29, 1.82) is 0 Å². The fourth-order valence-corrected chi connectivity index (χ4v) is 4.81. The average Bonchev–Trinajstić information content (AvgIpc) is 2.93. The number of pyridine rings is 1. The molecule has 4 aromatic rings. The zero-order valence-corrected chi connectivity index (χ0v) is 27.1. The van der Waals surface area contributed by atoms with Crippen LogP contribution in [-0.4, -0.2) is 21.2 Å². The second-order valence-electron chi connectivity index (χ2n) is 11.2. The molecule has 2 atom stereocenters. The first-order valence-electron chi connectivity index (χ1n) is 14.2. The van der Waals surface area contributed by atoms with Gasteiger partial charge in [0.1, 0.15) is 0 Å². The third kappa shape index (κ3) is 9.23. The molecular formula is C35H42CoN3O4. The van der Waals surface area contributed by atoms with E-state index in [9.17, 15) is 15.0 Å². The molecule has 3 aromatic carbocycles. The number of carboxylic acids is 1. The molecule has 0 fully saturated rings. The molecule has 0 aliphatic rings. The van der Waals surface area contributed by atoms with Gasteiger partial charge in [-0.05, 0) is 94.5 Å². The zero-order chi connectivity index (χ0) is 31.1. The Kier molecular flexibility index (Phi) is 12.6. The third-order valence-corrected chi connectivity index (χ3v) is 7.20. The summed E-state index contributed by atoms with van der Waals surface area (Å²) in [6.07, 6.45) is 0. The Morgan fingerprint density at radius 2 is 1.21 bits per heavy atom. The van der Waals surface area contributed by atoms with E-state index in [2.05, 4.69) is 107 Å². The largest absolute Gasteiger partial charge is 1.00 e. The van der Waals surface area contributed by atoms with E-state index in [0.29, 0.717) is 5.56 Å². The van der Waals surface area contributed by atoms with Gasteiger partial charge < -0.3 is 30.7 Å². The van der Waals surface area contributed by atoms with E-state index in [-0.39, 0.29) is 40.3 Å². The maximum Gasteiger partial charge on any atom is 1.00 e. The summed E-state index contributed by atoms with van der Waals surface area (Å²) in [6.45, 7) is 16.4. The summed E-state index contributed by atoms with van der Waals surface area (Å²) in [5.74, 6) is -2.62. The first kappa shape index (κ1) is 35.2. The number of benzene rings is 3. The van der Waals surface area contributed by atoms with Crippen LogP contribution in [0.4, 0.5) is 11.4 Å². The molecule has 0 radical (unpaired) electrons. The van der Waals surface area contributed by atoms with Gasteiger partial charge >= 0.3 is 16.8 Å². The zero-order valence-electron chi connectivity index (χ0n) is 26.1. The first-order chi connectivity index (χ1) is 19.8. The Bertz CT molecular complexity index is 1480. The summed E-state index contributed by atoms with van der Waals surface area (Å²) in [5, 5.41) is 36.4. The van der Waals surface area contributed by atoms with Crippen LogP contribution in [0.25, 0.3) is 0 Å². The van der Waals surface area contributed by atoms with Crippen LogP contribution in [0.1, 0.15) is 95.3 Å². The Morgan fingerprint density at radius 3 is 1.60 bits per heavy atom. The number of nitrogens with zero attached hydrogens (tertiary/aromatic N) is 1. The van der Waals surface area contributed by atoms with Gasteiger partial charge in [-0.2, -0.15) is 0 Å². The molecule has 1 aromatic heterocycles. The number of carboxylic acid groups (broad SMARTS) is 1. The molecule has 0 saturated heterocycles. The number of aromatic carboxylic acids is 1. The Balaban J connectivity index is 0.000000364. The molecule has 0 aliphatic heterocycles. The molecule has 0 aliphatic carbocycles. The van der Waals surface area contributed by atoms with Gasteiger partial charge in [-0.15, -0.1) is 0 Å². The van der Waals surface area contributed by atoms with Crippen molar-refractivity contribution in [3.63, 3.8) is 0 Å². The van der Waals surface area contributed by atoms with Crippen LogP contribution in [0, 0.1) is 27.7 Å². The topological polar surface area (TPSA) is 118 Å². The number of phenolic OH excluding ortho intramolecular Hbond substituents is 1. The Morgan fingerprint density at radius 1 is 0.744 bits per heavy atom. The number of anilines is 2. The molecule has 230 valence electrons. The molecule has 1 heterocycles. The summed E-state index contributed by atoms with van der Waals surface area (Å²) in [4.78, 5) is 15.7. The van der Waals surface area contributed by atoms with E-state index in [0.717, 1.165) is 22.8 Å². The molecule has 0 spiro atoms. The monoisotopic (exact) mass is 627 g/mol. The van der Waals surface area contributed by atoms with Gasteiger partial charge in [0.05, 0.1) is 29.4 Å². The van der Waals surface area contributed by atoms with Crippen molar-refractivity contribution in [2.45, 2.75) is 73.4 Å². The molecule has 0 amide bonds. The second-order valence-corrected chi connectivity index (χ2v) is 11.2. The maximum absolute atomic E-state index is 10.7. The summed E-state index contributed by atoms with van der Waals surface area (Å²) in [7, 11) is 0. The molecule has 8 heteroatoms. The third-order valence-electron chi connectivity index (χ3n) is 7.20. The standard InChI is InChI=1S/C25H31N3.C10H12O4.Co/c1-16-10-12-22(18(3)14-16)26-20(5)24-8-7-9-25(28-24)21(6)27-23-13-11-17(2)15-19(23)4;1-5(2)6-3-4-7(11)9(12)8(6)10(13)14;/h7-15,20-21,26-27H,1-6H3;3-5,11-12H,1-2H3,(H,13,14);/q;;+1/p-1. The second kappa shape index (κ2) is 15.5. The maximum atomic E-state index is 10.7. The van der Waals surface area contributed by atoms with Crippen LogP contribution < -0.4 is 15.7 Å². The number of aromatic nitrogens is 1. The van der Waals surface area contributed by atoms with Crippen LogP contribution in [0.2, 0.25) is 0 Å². The van der Waals surface area contributed by atoms with E-state index >= 15 is 0 Å². The van der Waals surface area contributed by atoms with E-state index in [1.165, 1.54) is 34.4 Å². The summed E-state index contributed by atoms with van der Waals surface area (Å²) < 4.78 is 0. The molecule has 4 N–H and O–H groups in total. The molecule has 2 unspecified atom stereocenters. The molecule has 7 nitrogen and oxygen atoms in total. The first-order valence-corrected chi connectivity index (χ1v) is 14.2. The average molecular weight is 628 g/mol. The van der Waals surface area contributed by atoms with Gasteiger partial charge in [0, 0.05) is 16.9 Å². The van der Waals surface area contributed by atoms with Gasteiger partial charge in [0.15, 0.2) is 11.5 Å². The number of carbonyl (C=O) groups excluding carboxylic acids is 1. The number of aryl methyl sites for hydroxylation is 4. The quantitative estimate of drug-likeness (QED) is 0.152. The van der Waals surface area contributed by atoms with Crippen LogP contribution >= 0.6 is 0 Å². The van der Waals surface area contributed by atoms with Crippen LogP contribution in [0.15, 0.2) is 66.7 Å². The smallest absolute Gasteiger partial charge is 0.545 e. The van der Waals surface area contributed by atoms with Gasteiger partial charge in [-0.3, -0.25) is 4.98 Å². The van der Waals surface area contributed by atoms with Crippen molar-refractivity contribution in [3.05, 3.63) is 111 Å². The van der Waals surface area contributed by atoms with Crippen LogP contribution in [0.3, 0.4) is 0 Å². The van der Waals surface area contributed by atoms with E-state index in [1.807, 2.05) is 0 Å². The summed E-state index contributed by atoms with van der Waals surface area (Å²) in [5.41, 5.74) is 9.60. The van der Waals surface area contributed by atoms with Crippen molar-refractivity contribution in [2.75, 3.05) is 10.6 Å². The minimum Gasteiger partial charge on any atom is -0.545 e. The van der Waals surface area contributed by atoms with Crippen molar-refractivity contribution in [3.8, 4) is 11.5 Å². The van der Waals surface area contributed by atoms with Crippen molar-refractivity contribution in [2.24, 2.45) is 0 Å². The predicted octanol–water partition coefficient (Wildman–Crippen LogP) is 7.24. The van der Waals surface area contributed by atoms with E-state index in [1.54, 1.807) is 13.8 Å². The number of phenols is 2. The fourth-order valence-electron chi connectivity index (χ4n) is 4.81. The van der Waals surface area contributed by atoms with Gasteiger partial charge in [0.25, 0.3) is 0 Å². The summed E-state index contributed by atoms with van der Waals surface area (Å²) in [6, 6.07) is 22.3. The number of nitrogens with one attached hydrogen (secondary N) is 2. The fraction of sp³-hybridized carbons (Fsp3) is 0.314. The molecule has 4 rings (SSSR count). The Hall–Kier alpha value is -4.01. The van der Waals surface area contributed by atoms with E-state index in [4.69, 9.17) is 10.1 Å². The van der Waals surface area contributed by atoms with Crippen molar-refractivity contribution in [1.82, 2.24) is 4.98 Å². The van der Waals surface area contributed by atoms with Crippen molar-refractivity contribution >= 4 is 17.3 Å². The van der Waals surface area contributed by atoms with Crippen LogP contribution in [0.5, 0.6) is 11.5 Å². The number of hydrogen-bond donors (Lipinski definition) is 4. The molecule has 0 bridgehead atoms. The Labute approximate surface area is 265 Å². The normalized spacial score (nSPS) is 11.9. The minimum atomic E-state index is -1.48.